The molecule has 0 saturated heterocycles. The average Bonchev–Trinajstić information content (AvgIpc) is 3.05. The lowest BCUT2D eigenvalue weighted by atomic mass is 10.1. The van der Waals surface area contributed by atoms with Crippen LogP contribution in [0.25, 0.3) is 0 Å². The van der Waals surface area contributed by atoms with Gasteiger partial charge in [-0.05, 0) is 32.9 Å². The van der Waals surface area contributed by atoms with E-state index in [0.717, 1.165) is 0 Å². The Balaban J connectivity index is 1.60. The van der Waals surface area contributed by atoms with E-state index in [1.54, 1.807) is 45.0 Å². The van der Waals surface area contributed by atoms with Crippen LogP contribution in [0.1, 0.15) is 19.5 Å². The van der Waals surface area contributed by atoms with E-state index in [1.165, 1.54) is 4.68 Å². The van der Waals surface area contributed by atoms with Crippen molar-refractivity contribution in [3.8, 4) is 11.5 Å². The van der Waals surface area contributed by atoms with Gasteiger partial charge < -0.3 is 14.8 Å². The highest BCUT2D eigenvalue weighted by atomic mass is 16.6. The Hall–Kier alpha value is -3.75. The molecule has 0 fully saturated rings. The van der Waals surface area contributed by atoms with E-state index in [2.05, 4.69) is 27.0 Å². The Morgan fingerprint density at radius 2 is 1.86 bits per heavy atom. The maximum Gasteiger partial charge on any atom is 0.281 e. The number of rotatable bonds is 2. The number of aliphatic imine (C=N–C) groups is 2. The molecule has 1 aromatic carbocycles. The number of hydrogen-bond acceptors (Lipinski definition) is 6. The molecule has 0 radical (unpaired) electrons. The lowest BCUT2D eigenvalue weighted by molar-refractivity contribution is -0.128. The van der Waals surface area contributed by atoms with Gasteiger partial charge in [-0.1, -0.05) is 18.7 Å². The molecule has 2 atom stereocenters. The molecule has 148 valence electrons. The fourth-order valence-electron chi connectivity index (χ4n) is 2.99. The smallest absolute Gasteiger partial charge is 0.281 e. The number of carbonyl (C=O) groups is 2. The van der Waals surface area contributed by atoms with Gasteiger partial charge in [-0.2, -0.15) is 14.8 Å². The van der Waals surface area contributed by atoms with Crippen molar-refractivity contribution in [3.63, 3.8) is 0 Å². The van der Waals surface area contributed by atoms with E-state index in [0.29, 0.717) is 28.7 Å². The normalized spacial score (nSPS) is 20.8. The Labute approximate surface area is 166 Å². The molecule has 2 amide bonds. The van der Waals surface area contributed by atoms with Crippen molar-refractivity contribution in [1.29, 1.82) is 0 Å². The molecule has 0 spiro atoms. The topological polar surface area (TPSA) is 107 Å². The van der Waals surface area contributed by atoms with Crippen molar-refractivity contribution in [3.05, 3.63) is 48.2 Å². The van der Waals surface area contributed by atoms with E-state index in [9.17, 15) is 9.59 Å². The highest BCUT2D eigenvalue weighted by Gasteiger charge is 2.35. The first-order chi connectivity index (χ1) is 13.8. The molecule has 9 nitrogen and oxygen atoms in total. The molecule has 0 saturated carbocycles. The Morgan fingerprint density at radius 3 is 2.55 bits per heavy atom. The number of anilines is 1. The summed E-state index contributed by atoms with van der Waals surface area (Å²) in [6.07, 6.45) is -1.37. The van der Waals surface area contributed by atoms with Crippen molar-refractivity contribution in [1.82, 2.24) is 9.78 Å². The van der Waals surface area contributed by atoms with Crippen molar-refractivity contribution >= 4 is 29.3 Å². The van der Waals surface area contributed by atoms with Crippen LogP contribution < -0.4 is 14.8 Å². The Bertz CT molecular complexity index is 1100. The van der Waals surface area contributed by atoms with Crippen LogP contribution in [0, 0.1) is 6.92 Å². The minimum Gasteiger partial charge on any atom is -0.482 e. The Kier molecular flexibility index (Phi) is 4.50. The third-order valence-electron chi connectivity index (χ3n) is 4.54. The molecule has 29 heavy (non-hydrogen) atoms. The fourth-order valence-corrected chi connectivity index (χ4v) is 2.99. The van der Waals surface area contributed by atoms with Gasteiger partial charge in [-0.15, -0.1) is 0 Å². The number of hydrogen-bond donors (Lipinski definition) is 1. The summed E-state index contributed by atoms with van der Waals surface area (Å²) in [5.74, 6) is 0.551. The molecule has 1 N–H and O–H groups in total. The first kappa shape index (κ1) is 18.6. The van der Waals surface area contributed by atoms with Gasteiger partial charge >= 0.3 is 0 Å². The SMILES string of the molecule is C=C1C(=O)N=C(n2nc(C)cc2NC(=O)C2Oc3ccccc3OC2C)N=C1C. The lowest BCUT2D eigenvalue weighted by Gasteiger charge is -2.30. The molecule has 0 aliphatic carbocycles. The first-order valence-electron chi connectivity index (χ1n) is 9.01. The third kappa shape index (κ3) is 3.42. The summed E-state index contributed by atoms with van der Waals surface area (Å²) in [5.41, 5.74) is 1.29. The second-order valence-electron chi connectivity index (χ2n) is 6.77. The van der Waals surface area contributed by atoms with Gasteiger partial charge in [-0.3, -0.25) is 9.59 Å². The third-order valence-corrected chi connectivity index (χ3v) is 4.54. The number of amides is 2. The zero-order valence-corrected chi connectivity index (χ0v) is 16.2. The zero-order chi connectivity index (χ0) is 20.7. The van der Waals surface area contributed by atoms with Crippen LogP contribution in [-0.2, 0) is 9.59 Å². The van der Waals surface area contributed by atoms with Crippen molar-refractivity contribution in [2.75, 3.05) is 5.32 Å². The molecule has 1 aromatic heterocycles. The van der Waals surface area contributed by atoms with E-state index >= 15 is 0 Å². The van der Waals surface area contributed by atoms with Gasteiger partial charge in [0.1, 0.15) is 11.9 Å². The standard InChI is InChI=1S/C20H19N5O4/c1-10-9-16(25(24-10)20-21-12(3)11(2)18(26)23-20)22-19(27)17-13(4)28-14-7-5-6-8-15(14)29-17/h5-9,13,17H,2H2,1,3-4H3,(H,22,27). The van der Waals surface area contributed by atoms with Gasteiger partial charge in [0.15, 0.2) is 11.5 Å². The summed E-state index contributed by atoms with van der Waals surface area (Å²) >= 11 is 0. The maximum atomic E-state index is 12.9. The minimum atomic E-state index is -0.867. The van der Waals surface area contributed by atoms with E-state index in [-0.39, 0.29) is 11.5 Å². The van der Waals surface area contributed by atoms with Crippen molar-refractivity contribution in [2.24, 2.45) is 9.98 Å². The number of nitrogens with zero attached hydrogens (tertiary/aromatic N) is 4. The number of fused-ring (bicyclic) bond motifs is 1. The summed E-state index contributed by atoms with van der Waals surface area (Å²) in [7, 11) is 0. The molecule has 2 unspecified atom stereocenters. The minimum absolute atomic E-state index is 0.0579. The first-order valence-corrected chi connectivity index (χ1v) is 9.01. The highest BCUT2D eigenvalue weighted by Crippen LogP contribution is 2.33. The number of aromatic nitrogens is 2. The summed E-state index contributed by atoms with van der Waals surface area (Å²) in [5, 5.41) is 7.06. The molecule has 4 rings (SSSR count). The summed E-state index contributed by atoms with van der Waals surface area (Å²) in [6.45, 7) is 8.83. The van der Waals surface area contributed by atoms with Crippen LogP contribution in [0.3, 0.4) is 0 Å². The zero-order valence-electron chi connectivity index (χ0n) is 16.2. The average molecular weight is 393 g/mol. The molecular formula is C20H19N5O4. The number of para-hydroxylation sites is 2. The largest absolute Gasteiger partial charge is 0.482 e. The number of carbonyl (C=O) groups excluding carboxylic acids is 2. The monoisotopic (exact) mass is 393 g/mol. The number of ether oxygens (including phenoxy) is 2. The van der Waals surface area contributed by atoms with Crippen molar-refractivity contribution < 1.29 is 19.1 Å². The van der Waals surface area contributed by atoms with E-state index in [1.807, 2.05) is 6.07 Å². The Morgan fingerprint density at radius 1 is 1.17 bits per heavy atom. The molecule has 2 aliphatic rings. The molecule has 2 aliphatic heterocycles. The molecule has 2 aromatic rings. The lowest BCUT2D eigenvalue weighted by Crippen LogP contribution is -2.46. The molecule has 3 heterocycles. The van der Waals surface area contributed by atoms with Gasteiger partial charge in [0, 0.05) is 6.07 Å². The van der Waals surface area contributed by atoms with Crippen LogP contribution in [-0.4, -0.2) is 45.5 Å². The van der Waals surface area contributed by atoms with Crippen LogP contribution in [0.2, 0.25) is 0 Å². The summed E-state index contributed by atoms with van der Waals surface area (Å²) in [4.78, 5) is 33.1. The van der Waals surface area contributed by atoms with E-state index in [4.69, 9.17) is 9.47 Å². The van der Waals surface area contributed by atoms with E-state index < -0.39 is 24.0 Å². The number of nitrogens with one attached hydrogen (secondary N) is 1. The van der Waals surface area contributed by atoms with Crippen molar-refractivity contribution in [2.45, 2.75) is 33.0 Å². The fraction of sp³-hybridized carbons (Fsp3) is 0.250. The second-order valence-corrected chi connectivity index (χ2v) is 6.77. The summed E-state index contributed by atoms with van der Waals surface area (Å²) in [6, 6.07) is 8.81. The van der Waals surface area contributed by atoms with Crippen LogP contribution in [0.4, 0.5) is 5.82 Å². The number of benzene rings is 1. The van der Waals surface area contributed by atoms with Crippen LogP contribution in [0.5, 0.6) is 11.5 Å². The predicted octanol–water partition coefficient (Wildman–Crippen LogP) is 2.12. The van der Waals surface area contributed by atoms with Crippen LogP contribution >= 0.6 is 0 Å². The predicted molar refractivity (Wildman–Crippen MR) is 107 cm³/mol. The summed E-state index contributed by atoms with van der Waals surface area (Å²) < 4.78 is 12.9. The maximum absolute atomic E-state index is 12.9. The highest BCUT2D eigenvalue weighted by molar-refractivity contribution is 6.27. The second kappa shape index (κ2) is 7.01. The van der Waals surface area contributed by atoms with Gasteiger partial charge in [0.25, 0.3) is 17.8 Å². The quantitative estimate of drug-likeness (QED) is 0.787. The molecule has 9 heteroatoms. The van der Waals surface area contributed by atoms with Gasteiger partial charge in [0.2, 0.25) is 6.10 Å². The van der Waals surface area contributed by atoms with Crippen LogP contribution in [0.15, 0.2) is 52.5 Å². The number of aryl methyl sites for hydroxylation is 1. The van der Waals surface area contributed by atoms with Gasteiger partial charge in [0.05, 0.1) is 17.0 Å². The van der Waals surface area contributed by atoms with Gasteiger partial charge in [-0.25, -0.2) is 4.99 Å². The molecule has 0 bridgehead atoms. The molecular weight excluding hydrogens is 374 g/mol.